The van der Waals surface area contributed by atoms with Crippen molar-refractivity contribution in [1.29, 1.82) is 0 Å². The van der Waals surface area contributed by atoms with E-state index in [1.807, 2.05) is 41.5 Å². The lowest BCUT2D eigenvalue weighted by Crippen LogP contribution is -2.42. The highest BCUT2D eigenvalue weighted by atomic mass is 32.2. The molecule has 5 nitrogen and oxygen atoms in total. The fraction of sp³-hybridized carbons (Fsp3) is 0.733. The minimum atomic E-state index is -3.57. The van der Waals surface area contributed by atoms with E-state index in [0.717, 1.165) is 0 Å². The Morgan fingerprint density at radius 1 is 1.29 bits per heavy atom. The fourth-order valence-electron chi connectivity index (χ4n) is 2.16. The topological polar surface area (TPSA) is 62.5 Å². The molecule has 1 aromatic rings. The Hall–Kier alpha value is -0.850. The highest BCUT2D eigenvalue weighted by Gasteiger charge is 2.33. The molecule has 0 saturated heterocycles. The number of rotatable bonds is 5. The van der Waals surface area contributed by atoms with E-state index < -0.39 is 10.0 Å². The standard InChI is InChI=1S/C15H28N2O3S/c1-11(2)17-9-14(8-13(17)10-18)21(19,20)16(7)12(3)15(4,5)6/h8-9,11-12,18H,10H2,1-7H3. The van der Waals surface area contributed by atoms with Crippen LogP contribution in [0.5, 0.6) is 0 Å². The van der Waals surface area contributed by atoms with Crippen molar-refractivity contribution < 1.29 is 13.5 Å². The van der Waals surface area contributed by atoms with E-state index in [2.05, 4.69) is 0 Å². The fourth-order valence-corrected chi connectivity index (χ4v) is 3.76. The summed E-state index contributed by atoms with van der Waals surface area (Å²) in [7, 11) is -1.96. The van der Waals surface area contributed by atoms with Crippen LogP contribution < -0.4 is 0 Å². The molecule has 1 aromatic heterocycles. The van der Waals surface area contributed by atoms with E-state index in [4.69, 9.17) is 0 Å². The number of hydrogen-bond acceptors (Lipinski definition) is 3. The smallest absolute Gasteiger partial charge is 0.244 e. The van der Waals surface area contributed by atoms with E-state index >= 15 is 0 Å². The van der Waals surface area contributed by atoms with Crippen LogP contribution >= 0.6 is 0 Å². The molecule has 1 unspecified atom stereocenters. The van der Waals surface area contributed by atoms with Gasteiger partial charge in [-0.25, -0.2) is 8.42 Å². The summed E-state index contributed by atoms with van der Waals surface area (Å²) in [6.45, 7) is 11.7. The van der Waals surface area contributed by atoms with Gasteiger partial charge in [0.15, 0.2) is 0 Å². The monoisotopic (exact) mass is 316 g/mol. The summed E-state index contributed by atoms with van der Waals surface area (Å²) in [5.74, 6) is 0. The minimum absolute atomic E-state index is 0.0986. The first kappa shape index (κ1) is 18.2. The summed E-state index contributed by atoms with van der Waals surface area (Å²) in [6, 6.07) is 1.52. The van der Waals surface area contributed by atoms with Gasteiger partial charge < -0.3 is 9.67 Å². The molecule has 6 heteroatoms. The molecule has 122 valence electrons. The molecular weight excluding hydrogens is 288 g/mol. The maximum atomic E-state index is 12.8. The van der Waals surface area contributed by atoms with E-state index in [9.17, 15) is 13.5 Å². The van der Waals surface area contributed by atoms with Crippen molar-refractivity contribution >= 4 is 10.0 Å². The molecule has 0 fully saturated rings. The van der Waals surface area contributed by atoms with E-state index in [0.29, 0.717) is 5.69 Å². The zero-order valence-corrected chi connectivity index (χ0v) is 14.9. The van der Waals surface area contributed by atoms with Gasteiger partial charge in [0.05, 0.1) is 6.61 Å². The average molecular weight is 316 g/mol. The first-order chi connectivity index (χ1) is 9.42. The largest absolute Gasteiger partial charge is 0.390 e. The van der Waals surface area contributed by atoms with Gasteiger partial charge in [-0.05, 0) is 32.3 Å². The Morgan fingerprint density at radius 3 is 2.14 bits per heavy atom. The van der Waals surface area contributed by atoms with Crippen LogP contribution in [0.3, 0.4) is 0 Å². The SMILES string of the molecule is CC(C)n1cc(S(=O)(=O)N(C)C(C)C(C)(C)C)cc1CO. The second kappa shape index (κ2) is 6.10. The quantitative estimate of drug-likeness (QED) is 0.908. The molecule has 1 atom stereocenters. The molecule has 0 saturated carbocycles. The summed E-state index contributed by atoms with van der Waals surface area (Å²) < 4.78 is 28.7. The number of aliphatic hydroxyl groups excluding tert-OH is 1. The molecule has 0 spiro atoms. The minimum Gasteiger partial charge on any atom is -0.390 e. The summed E-state index contributed by atoms with van der Waals surface area (Å²) in [5.41, 5.74) is 0.461. The van der Waals surface area contributed by atoms with Gasteiger partial charge >= 0.3 is 0 Å². The van der Waals surface area contributed by atoms with Crippen molar-refractivity contribution in [3.05, 3.63) is 18.0 Å². The van der Waals surface area contributed by atoms with E-state index in [1.54, 1.807) is 23.9 Å². The molecule has 0 amide bonds. The van der Waals surface area contributed by atoms with Gasteiger partial charge in [0.25, 0.3) is 0 Å². The molecule has 21 heavy (non-hydrogen) atoms. The third-order valence-corrected chi connectivity index (χ3v) is 5.99. The molecule has 0 aromatic carbocycles. The van der Waals surface area contributed by atoms with Gasteiger partial charge in [0, 0.05) is 31.0 Å². The van der Waals surface area contributed by atoms with Crippen LogP contribution in [0.15, 0.2) is 17.2 Å². The Kier molecular flexibility index (Phi) is 5.29. The Labute approximate surface area is 128 Å². The van der Waals surface area contributed by atoms with Gasteiger partial charge in [-0.2, -0.15) is 4.31 Å². The van der Waals surface area contributed by atoms with Gasteiger partial charge in [0.1, 0.15) is 4.90 Å². The van der Waals surface area contributed by atoms with Gasteiger partial charge in [-0.3, -0.25) is 0 Å². The van der Waals surface area contributed by atoms with Crippen molar-refractivity contribution in [2.24, 2.45) is 5.41 Å². The number of nitrogens with zero attached hydrogens (tertiary/aromatic N) is 2. The molecule has 1 heterocycles. The number of aromatic nitrogens is 1. The van der Waals surface area contributed by atoms with Gasteiger partial charge in [-0.15, -0.1) is 0 Å². The predicted molar refractivity (Wildman–Crippen MR) is 84.6 cm³/mol. The van der Waals surface area contributed by atoms with Crippen LogP contribution in [0.2, 0.25) is 0 Å². The zero-order valence-electron chi connectivity index (χ0n) is 14.1. The molecule has 0 aliphatic rings. The Bertz CT molecular complexity index is 583. The molecule has 1 rings (SSSR count). The van der Waals surface area contributed by atoms with E-state index in [1.165, 1.54) is 4.31 Å². The van der Waals surface area contributed by atoms with Crippen molar-refractivity contribution in [3.8, 4) is 0 Å². The average Bonchev–Trinajstić information content (AvgIpc) is 2.80. The Morgan fingerprint density at radius 2 is 1.81 bits per heavy atom. The summed E-state index contributed by atoms with van der Waals surface area (Å²) in [4.78, 5) is 0.235. The molecule has 0 aliphatic carbocycles. The highest BCUT2D eigenvalue weighted by molar-refractivity contribution is 7.89. The van der Waals surface area contributed by atoms with Crippen LogP contribution in [0.4, 0.5) is 0 Å². The predicted octanol–water partition coefficient (Wildman–Crippen LogP) is 2.62. The normalized spacial score (nSPS) is 15.0. The first-order valence-corrected chi connectivity index (χ1v) is 8.66. The lowest BCUT2D eigenvalue weighted by atomic mass is 9.88. The summed E-state index contributed by atoms with van der Waals surface area (Å²) in [5, 5.41) is 9.39. The summed E-state index contributed by atoms with van der Waals surface area (Å²) in [6.07, 6.45) is 1.61. The second-order valence-electron chi connectivity index (χ2n) is 6.89. The van der Waals surface area contributed by atoms with Crippen molar-refractivity contribution in [2.45, 2.75) is 65.1 Å². The third-order valence-electron chi connectivity index (χ3n) is 4.10. The molecule has 0 bridgehead atoms. The maximum Gasteiger partial charge on any atom is 0.244 e. The van der Waals surface area contributed by atoms with Crippen LogP contribution in [-0.2, 0) is 16.6 Å². The molecule has 0 aliphatic heterocycles. The zero-order chi connectivity index (χ0) is 16.6. The molecular formula is C15H28N2O3S. The van der Waals surface area contributed by atoms with Crippen LogP contribution in [-0.4, -0.2) is 35.5 Å². The lowest BCUT2D eigenvalue weighted by molar-refractivity contribution is 0.216. The molecule has 1 N–H and O–H groups in total. The first-order valence-electron chi connectivity index (χ1n) is 7.22. The number of hydrogen-bond donors (Lipinski definition) is 1. The Balaban J connectivity index is 3.26. The van der Waals surface area contributed by atoms with Crippen LogP contribution in [0.25, 0.3) is 0 Å². The number of aliphatic hydroxyl groups is 1. The maximum absolute atomic E-state index is 12.8. The van der Waals surface area contributed by atoms with Crippen molar-refractivity contribution in [2.75, 3.05) is 7.05 Å². The van der Waals surface area contributed by atoms with Crippen molar-refractivity contribution in [1.82, 2.24) is 8.87 Å². The highest BCUT2D eigenvalue weighted by Crippen LogP contribution is 2.29. The van der Waals surface area contributed by atoms with Crippen LogP contribution in [0.1, 0.15) is 53.3 Å². The van der Waals surface area contributed by atoms with Gasteiger partial charge in [-0.1, -0.05) is 20.8 Å². The second-order valence-corrected chi connectivity index (χ2v) is 8.89. The van der Waals surface area contributed by atoms with Crippen LogP contribution in [0, 0.1) is 5.41 Å². The summed E-state index contributed by atoms with van der Waals surface area (Å²) >= 11 is 0. The van der Waals surface area contributed by atoms with Gasteiger partial charge in [0.2, 0.25) is 10.0 Å². The molecule has 0 radical (unpaired) electrons. The third kappa shape index (κ3) is 3.67. The van der Waals surface area contributed by atoms with E-state index in [-0.39, 0.29) is 29.0 Å². The number of sulfonamides is 1. The van der Waals surface area contributed by atoms with Crippen molar-refractivity contribution in [3.63, 3.8) is 0 Å². The lowest BCUT2D eigenvalue weighted by Gasteiger charge is -2.34.